The number of hydrogen-bond donors (Lipinski definition) is 2. The molecule has 1 amide bonds. The highest BCUT2D eigenvalue weighted by molar-refractivity contribution is 7.87. The average Bonchev–Trinajstić information content (AvgIpc) is 2.79. The molecule has 0 aromatic rings. The molecule has 0 aromatic carbocycles. The first-order chi connectivity index (χ1) is 10.4. The Morgan fingerprint density at radius 1 is 0.957 bits per heavy atom. The normalized spacial score (nSPS) is 41.2. The molecule has 3 fully saturated rings. The van der Waals surface area contributed by atoms with Crippen LogP contribution in [-0.4, -0.2) is 56.6 Å². The van der Waals surface area contributed by atoms with Gasteiger partial charge in [-0.1, -0.05) is 0 Å². The first kappa shape index (κ1) is 17.0. The maximum absolute atomic E-state index is 12.2. The molecule has 0 radical (unpaired) electrons. The summed E-state index contributed by atoms with van der Waals surface area (Å²) in [5, 5.41) is 4.84. The summed E-state index contributed by atoms with van der Waals surface area (Å²) in [4.78, 5) is 12.2. The quantitative estimate of drug-likeness (QED) is 0.626. The first-order valence-electron chi connectivity index (χ1n) is 7.08. The summed E-state index contributed by atoms with van der Waals surface area (Å²) < 4.78 is 52.3. The van der Waals surface area contributed by atoms with Crippen LogP contribution in [0.1, 0.15) is 27.7 Å². The van der Waals surface area contributed by atoms with E-state index in [1.165, 1.54) is 0 Å². The summed E-state index contributed by atoms with van der Waals surface area (Å²) in [6, 6.07) is 0. The lowest BCUT2D eigenvalue weighted by molar-refractivity contribution is -0.230. The van der Waals surface area contributed by atoms with Gasteiger partial charge >= 0.3 is 0 Å². The molecule has 0 aromatic heterocycles. The van der Waals surface area contributed by atoms with Crippen molar-refractivity contribution in [1.29, 1.82) is 0 Å². The van der Waals surface area contributed by atoms with Crippen molar-refractivity contribution >= 4 is 16.1 Å². The number of ether oxygens (including phenoxy) is 5. The molecular formula is C12H20N2O8S. The fraction of sp³-hybridized carbons (Fsp3) is 0.917. The molecule has 3 saturated heterocycles. The van der Waals surface area contributed by atoms with Crippen molar-refractivity contribution in [2.75, 3.05) is 0 Å². The number of nitrogens with one attached hydrogen (secondary N) is 1. The van der Waals surface area contributed by atoms with Crippen LogP contribution in [0.2, 0.25) is 0 Å². The zero-order valence-electron chi connectivity index (χ0n) is 13.1. The van der Waals surface area contributed by atoms with Crippen LogP contribution in [0.4, 0.5) is 0 Å². The van der Waals surface area contributed by atoms with Crippen LogP contribution >= 0.6 is 0 Å². The van der Waals surface area contributed by atoms with E-state index in [-0.39, 0.29) is 0 Å². The van der Waals surface area contributed by atoms with Gasteiger partial charge in [0.25, 0.3) is 16.1 Å². The van der Waals surface area contributed by atoms with Crippen molar-refractivity contribution in [3.05, 3.63) is 0 Å². The predicted octanol–water partition coefficient (Wildman–Crippen LogP) is -1.30. The largest absolute Gasteiger partial charge is 0.342 e. The minimum absolute atomic E-state index is 0.602. The molecule has 132 valence electrons. The maximum atomic E-state index is 12.2. The molecule has 0 saturated carbocycles. The molecule has 0 bridgehead atoms. The number of nitrogens with two attached hydrogens (primary N) is 1. The van der Waals surface area contributed by atoms with E-state index in [0.29, 0.717) is 0 Å². The van der Waals surface area contributed by atoms with Crippen LogP contribution in [-0.2, 0) is 38.7 Å². The third-order valence-electron chi connectivity index (χ3n) is 3.66. The Bertz CT molecular complexity index is 619. The van der Waals surface area contributed by atoms with Crippen molar-refractivity contribution in [3.8, 4) is 0 Å². The topological polar surface area (TPSA) is 135 Å². The number of carbonyl (C=O) groups excluding carboxylic acids is 1. The van der Waals surface area contributed by atoms with Gasteiger partial charge in [0.05, 0.1) is 0 Å². The van der Waals surface area contributed by atoms with E-state index in [1.807, 2.05) is 0 Å². The molecule has 10 nitrogen and oxygen atoms in total. The van der Waals surface area contributed by atoms with E-state index in [9.17, 15) is 13.2 Å². The van der Waals surface area contributed by atoms with E-state index in [2.05, 4.69) is 0 Å². The van der Waals surface area contributed by atoms with Crippen LogP contribution < -0.4 is 9.86 Å². The maximum Gasteiger partial charge on any atom is 0.298 e. The van der Waals surface area contributed by atoms with Gasteiger partial charge in [-0.3, -0.25) is 4.79 Å². The Balaban J connectivity index is 1.88. The van der Waals surface area contributed by atoms with Gasteiger partial charge in [0.1, 0.15) is 18.3 Å². The molecule has 5 atom stereocenters. The summed E-state index contributed by atoms with van der Waals surface area (Å²) in [6.45, 7) is 6.75. The van der Waals surface area contributed by atoms with Crippen LogP contribution in [0, 0.1) is 0 Å². The second-order valence-electron chi connectivity index (χ2n) is 6.60. The fourth-order valence-corrected chi connectivity index (χ4v) is 3.42. The highest BCUT2D eigenvalue weighted by atomic mass is 32.2. The molecule has 3 aliphatic rings. The van der Waals surface area contributed by atoms with Gasteiger partial charge in [0.2, 0.25) is 0 Å². The fourth-order valence-electron chi connectivity index (χ4n) is 3.02. The minimum Gasteiger partial charge on any atom is -0.342 e. The molecular weight excluding hydrogens is 332 g/mol. The predicted molar refractivity (Wildman–Crippen MR) is 73.8 cm³/mol. The number of hydrogen-bond acceptors (Lipinski definition) is 8. The Morgan fingerprint density at radius 2 is 1.48 bits per heavy atom. The summed E-state index contributed by atoms with van der Waals surface area (Å²) >= 11 is 0. The Labute approximate surface area is 133 Å². The molecule has 3 aliphatic heterocycles. The number of carbonyl (C=O) groups is 1. The van der Waals surface area contributed by atoms with Gasteiger partial charge < -0.3 is 23.7 Å². The molecule has 23 heavy (non-hydrogen) atoms. The Kier molecular flexibility index (Phi) is 3.76. The standard InChI is InChI=1S/C12H20N2O8S/c1-11(2)19-5-6(20-11)8-10(22-12(3,4)21-8)18-7(5)9(15)14-23(13,16)17/h5-8,10H,1-4H3,(H,14,15)(H2,13,16,17)/t5-,6+,7+,8-,10-/m0/s1. The Morgan fingerprint density at radius 3 is 2.09 bits per heavy atom. The molecule has 0 unspecified atom stereocenters. The number of rotatable bonds is 2. The highest BCUT2D eigenvalue weighted by Crippen LogP contribution is 2.44. The van der Waals surface area contributed by atoms with Gasteiger partial charge in [-0.2, -0.15) is 8.42 Å². The van der Waals surface area contributed by atoms with Gasteiger partial charge in [0.15, 0.2) is 24.0 Å². The summed E-state index contributed by atoms with van der Waals surface area (Å²) in [7, 11) is -4.22. The molecule has 3 rings (SSSR count). The molecule has 11 heteroatoms. The third kappa shape index (κ3) is 3.36. The molecule has 3 N–H and O–H groups in total. The smallest absolute Gasteiger partial charge is 0.298 e. The van der Waals surface area contributed by atoms with Crippen molar-refractivity contribution in [2.45, 2.75) is 70.0 Å². The van der Waals surface area contributed by atoms with Crippen LogP contribution in [0.5, 0.6) is 0 Å². The second-order valence-corrected chi connectivity index (χ2v) is 7.90. The monoisotopic (exact) mass is 352 g/mol. The highest BCUT2D eigenvalue weighted by Gasteiger charge is 2.62. The van der Waals surface area contributed by atoms with E-state index >= 15 is 0 Å². The van der Waals surface area contributed by atoms with Crippen molar-refractivity contribution in [1.82, 2.24) is 4.72 Å². The van der Waals surface area contributed by atoms with Crippen LogP contribution in [0.15, 0.2) is 0 Å². The number of fused-ring (bicyclic) bond motifs is 3. The van der Waals surface area contributed by atoms with E-state index in [4.69, 9.17) is 28.8 Å². The van der Waals surface area contributed by atoms with Gasteiger partial charge in [-0.05, 0) is 27.7 Å². The van der Waals surface area contributed by atoms with E-state index < -0.39 is 58.4 Å². The van der Waals surface area contributed by atoms with Gasteiger partial charge in [0, 0.05) is 0 Å². The van der Waals surface area contributed by atoms with Gasteiger partial charge in [-0.15, -0.1) is 0 Å². The molecule has 3 heterocycles. The second kappa shape index (κ2) is 5.09. The summed E-state index contributed by atoms with van der Waals surface area (Å²) in [5.74, 6) is -2.86. The lowest BCUT2D eigenvalue weighted by Gasteiger charge is -2.36. The molecule has 0 aliphatic carbocycles. The van der Waals surface area contributed by atoms with Crippen molar-refractivity contribution in [2.24, 2.45) is 5.14 Å². The molecule has 0 spiro atoms. The zero-order chi connectivity index (χ0) is 17.2. The lowest BCUT2D eigenvalue weighted by atomic mass is 9.99. The average molecular weight is 352 g/mol. The summed E-state index contributed by atoms with van der Waals surface area (Å²) in [6.07, 6.45) is -4.26. The van der Waals surface area contributed by atoms with Gasteiger partial charge in [-0.25, -0.2) is 9.86 Å². The van der Waals surface area contributed by atoms with E-state index in [0.717, 1.165) is 0 Å². The Hall–Kier alpha value is -0.820. The minimum atomic E-state index is -4.22. The SMILES string of the molecule is CC1(C)O[C@@H]2O[C@@H](C(=O)NS(N)(=O)=O)[C@H]3OC(C)(C)O[C@H]3[C@@H]2O1. The first-order valence-corrected chi connectivity index (χ1v) is 8.63. The lowest BCUT2D eigenvalue weighted by Crippen LogP contribution is -2.60. The van der Waals surface area contributed by atoms with Crippen molar-refractivity contribution < 1.29 is 36.9 Å². The van der Waals surface area contributed by atoms with Crippen LogP contribution in [0.3, 0.4) is 0 Å². The van der Waals surface area contributed by atoms with Crippen LogP contribution in [0.25, 0.3) is 0 Å². The third-order valence-corrected chi connectivity index (χ3v) is 4.14. The van der Waals surface area contributed by atoms with E-state index in [1.54, 1.807) is 32.4 Å². The summed E-state index contributed by atoms with van der Waals surface area (Å²) in [5.41, 5.74) is 0. The zero-order valence-corrected chi connectivity index (χ0v) is 14.0. The van der Waals surface area contributed by atoms with Crippen molar-refractivity contribution in [3.63, 3.8) is 0 Å². The number of amides is 1.